The quantitative estimate of drug-likeness (QED) is 0.560. The van der Waals surface area contributed by atoms with Crippen molar-refractivity contribution in [3.63, 3.8) is 0 Å². The van der Waals surface area contributed by atoms with E-state index in [1.165, 1.54) is 0 Å². The maximum atomic E-state index is 5.30. The Balaban J connectivity index is 2.57. The molecule has 3 nitrogen and oxygen atoms in total. The van der Waals surface area contributed by atoms with Crippen LogP contribution in [-0.2, 0) is 6.54 Å². The SMILES string of the molecule is CC(C)Cn1c(-c2cc(Br)ccc2I)n[nH]c1=S. The fourth-order valence-electron chi connectivity index (χ4n) is 1.73. The molecule has 0 bridgehead atoms. The minimum absolute atomic E-state index is 0.526. The first-order chi connectivity index (χ1) is 8.49. The van der Waals surface area contributed by atoms with Crippen LogP contribution in [0.15, 0.2) is 22.7 Å². The summed E-state index contributed by atoms with van der Waals surface area (Å²) in [5, 5.41) is 7.25. The number of H-pyrrole nitrogens is 1. The number of aromatic amines is 1. The number of hydrogen-bond donors (Lipinski definition) is 1. The average molecular weight is 438 g/mol. The van der Waals surface area contributed by atoms with Crippen molar-refractivity contribution in [2.24, 2.45) is 5.92 Å². The lowest BCUT2D eigenvalue weighted by Gasteiger charge is -2.10. The summed E-state index contributed by atoms with van der Waals surface area (Å²) in [5.41, 5.74) is 1.10. The molecule has 1 N–H and O–H groups in total. The van der Waals surface area contributed by atoms with E-state index in [0.717, 1.165) is 26.0 Å². The van der Waals surface area contributed by atoms with Gasteiger partial charge in [-0.1, -0.05) is 29.8 Å². The van der Waals surface area contributed by atoms with Crippen LogP contribution < -0.4 is 0 Å². The number of aromatic nitrogens is 3. The van der Waals surface area contributed by atoms with Gasteiger partial charge < -0.3 is 0 Å². The minimum atomic E-state index is 0.526. The van der Waals surface area contributed by atoms with E-state index in [4.69, 9.17) is 12.2 Å². The molecular formula is C12H13BrIN3S. The molecule has 0 aliphatic heterocycles. The number of benzene rings is 1. The highest BCUT2D eigenvalue weighted by atomic mass is 127. The van der Waals surface area contributed by atoms with Crippen LogP contribution in [-0.4, -0.2) is 14.8 Å². The van der Waals surface area contributed by atoms with Gasteiger partial charge in [-0.15, -0.1) is 0 Å². The monoisotopic (exact) mass is 437 g/mol. The normalized spacial score (nSPS) is 11.2. The smallest absolute Gasteiger partial charge is 0.195 e. The fraction of sp³-hybridized carbons (Fsp3) is 0.333. The summed E-state index contributed by atoms with van der Waals surface area (Å²) in [7, 11) is 0. The lowest BCUT2D eigenvalue weighted by molar-refractivity contribution is 0.521. The van der Waals surface area contributed by atoms with Crippen LogP contribution in [0.4, 0.5) is 0 Å². The van der Waals surface area contributed by atoms with Crippen molar-refractivity contribution in [3.05, 3.63) is 31.0 Å². The molecule has 0 aliphatic carbocycles. The van der Waals surface area contributed by atoms with Crippen molar-refractivity contribution >= 4 is 50.7 Å². The Morgan fingerprint density at radius 3 is 2.89 bits per heavy atom. The summed E-state index contributed by atoms with van der Waals surface area (Å²) in [6.07, 6.45) is 0. The fourth-order valence-corrected chi connectivity index (χ4v) is 2.87. The predicted molar refractivity (Wildman–Crippen MR) is 88.1 cm³/mol. The number of halogens is 2. The summed E-state index contributed by atoms with van der Waals surface area (Å²) >= 11 is 11.1. The highest BCUT2D eigenvalue weighted by Gasteiger charge is 2.13. The van der Waals surface area contributed by atoms with Gasteiger partial charge in [-0.25, -0.2) is 0 Å². The summed E-state index contributed by atoms with van der Waals surface area (Å²) in [4.78, 5) is 0. The second-order valence-corrected chi connectivity index (χ2v) is 6.95. The molecule has 0 aliphatic rings. The van der Waals surface area contributed by atoms with Crippen molar-refractivity contribution in [2.75, 3.05) is 0 Å². The minimum Gasteiger partial charge on any atom is -0.300 e. The molecule has 2 rings (SSSR count). The van der Waals surface area contributed by atoms with E-state index in [9.17, 15) is 0 Å². The number of rotatable bonds is 3. The molecule has 0 saturated heterocycles. The largest absolute Gasteiger partial charge is 0.300 e. The van der Waals surface area contributed by atoms with Crippen LogP contribution in [0, 0.1) is 14.3 Å². The zero-order chi connectivity index (χ0) is 13.3. The molecule has 0 unspecified atom stereocenters. The van der Waals surface area contributed by atoms with E-state index >= 15 is 0 Å². The van der Waals surface area contributed by atoms with Gasteiger partial charge >= 0.3 is 0 Å². The Morgan fingerprint density at radius 2 is 2.22 bits per heavy atom. The Bertz CT molecular complexity index is 618. The van der Waals surface area contributed by atoms with E-state index in [2.05, 4.69) is 79.3 Å². The van der Waals surface area contributed by atoms with Gasteiger partial charge in [0.15, 0.2) is 10.6 Å². The van der Waals surface area contributed by atoms with E-state index in [1.807, 2.05) is 6.07 Å². The van der Waals surface area contributed by atoms with Gasteiger partial charge in [0, 0.05) is 20.2 Å². The van der Waals surface area contributed by atoms with Gasteiger partial charge in [0.2, 0.25) is 0 Å². The van der Waals surface area contributed by atoms with Crippen LogP contribution in [0.5, 0.6) is 0 Å². The van der Waals surface area contributed by atoms with Gasteiger partial charge in [-0.3, -0.25) is 9.67 Å². The van der Waals surface area contributed by atoms with Gasteiger partial charge in [0.05, 0.1) is 0 Å². The standard InChI is InChI=1S/C12H13BrIN3S/c1-7(2)6-17-11(15-16-12(17)18)9-5-8(13)3-4-10(9)14/h3-5,7H,6H2,1-2H3,(H,16,18). The molecule has 0 saturated carbocycles. The molecule has 6 heteroatoms. The Morgan fingerprint density at radius 1 is 1.50 bits per heavy atom. The van der Waals surface area contributed by atoms with Crippen molar-refractivity contribution in [1.29, 1.82) is 0 Å². The first-order valence-corrected chi connectivity index (χ1v) is 7.87. The highest BCUT2D eigenvalue weighted by Crippen LogP contribution is 2.27. The molecule has 2 aromatic rings. The van der Waals surface area contributed by atoms with E-state index < -0.39 is 0 Å². The summed E-state index contributed by atoms with van der Waals surface area (Å²) < 4.78 is 4.94. The second-order valence-electron chi connectivity index (χ2n) is 4.48. The Labute approximate surface area is 133 Å². The van der Waals surface area contributed by atoms with Crippen molar-refractivity contribution < 1.29 is 0 Å². The molecule has 1 heterocycles. The van der Waals surface area contributed by atoms with Crippen molar-refractivity contribution in [3.8, 4) is 11.4 Å². The van der Waals surface area contributed by atoms with Gasteiger partial charge in [0.25, 0.3) is 0 Å². The highest BCUT2D eigenvalue weighted by molar-refractivity contribution is 14.1. The molecule has 0 atom stereocenters. The molecule has 0 fully saturated rings. The summed E-state index contributed by atoms with van der Waals surface area (Å²) in [5.74, 6) is 1.43. The van der Waals surface area contributed by atoms with E-state index in [-0.39, 0.29) is 0 Å². The number of nitrogens with zero attached hydrogens (tertiary/aromatic N) is 2. The van der Waals surface area contributed by atoms with Crippen LogP contribution in [0.25, 0.3) is 11.4 Å². The van der Waals surface area contributed by atoms with Crippen LogP contribution in [0.2, 0.25) is 0 Å². The Hall–Kier alpha value is -0.210. The molecule has 18 heavy (non-hydrogen) atoms. The molecule has 1 aromatic heterocycles. The zero-order valence-electron chi connectivity index (χ0n) is 10.1. The molecule has 0 spiro atoms. The summed E-state index contributed by atoms with van der Waals surface area (Å²) in [6, 6.07) is 6.17. The maximum Gasteiger partial charge on any atom is 0.195 e. The molecule has 0 radical (unpaired) electrons. The Kier molecular flexibility index (Phi) is 4.60. The number of nitrogens with one attached hydrogen (secondary N) is 1. The third kappa shape index (κ3) is 3.03. The van der Waals surface area contributed by atoms with Gasteiger partial charge in [-0.2, -0.15) is 5.10 Å². The molecule has 1 aromatic carbocycles. The van der Waals surface area contributed by atoms with Crippen LogP contribution in [0.1, 0.15) is 13.8 Å². The third-order valence-electron chi connectivity index (χ3n) is 2.48. The van der Waals surface area contributed by atoms with Gasteiger partial charge in [0.1, 0.15) is 0 Å². The third-order valence-corrected chi connectivity index (χ3v) is 4.22. The topological polar surface area (TPSA) is 33.6 Å². The first kappa shape index (κ1) is 14.2. The lowest BCUT2D eigenvalue weighted by atomic mass is 10.2. The number of hydrogen-bond acceptors (Lipinski definition) is 2. The zero-order valence-corrected chi connectivity index (χ0v) is 14.6. The maximum absolute atomic E-state index is 5.30. The second kappa shape index (κ2) is 5.83. The summed E-state index contributed by atoms with van der Waals surface area (Å²) in [6.45, 7) is 5.21. The predicted octanol–water partition coefficient (Wildman–Crippen LogP) is 4.63. The van der Waals surface area contributed by atoms with Crippen LogP contribution >= 0.6 is 50.7 Å². The van der Waals surface area contributed by atoms with E-state index in [1.54, 1.807) is 0 Å². The van der Waals surface area contributed by atoms with Crippen LogP contribution in [0.3, 0.4) is 0 Å². The molecule has 0 amide bonds. The van der Waals surface area contributed by atoms with Crippen molar-refractivity contribution in [1.82, 2.24) is 14.8 Å². The van der Waals surface area contributed by atoms with E-state index in [0.29, 0.717) is 10.7 Å². The lowest BCUT2D eigenvalue weighted by Crippen LogP contribution is -2.07. The average Bonchev–Trinajstić information content (AvgIpc) is 2.64. The first-order valence-electron chi connectivity index (χ1n) is 5.59. The molecule has 96 valence electrons. The molecular weight excluding hydrogens is 425 g/mol. The van der Waals surface area contributed by atoms with Crippen molar-refractivity contribution in [2.45, 2.75) is 20.4 Å². The van der Waals surface area contributed by atoms with Gasteiger partial charge in [-0.05, 0) is 58.9 Å².